The Kier molecular flexibility index (Phi) is 6.22. The minimum Gasteiger partial charge on any atom is -0.322 e. The number of halogens is 3. The van der Waals surface area contributed by atoms with E-state index < -0.39 is 17.5 Å². The first kappa shape index (κ1) is 19.5. The van der Waals surface area contributed by atoms with Crippen LogP contribution in [0.4, 0.5) is 14.5 Å². The zero-order valence-electron chi connectivity index (χ0n) is 14.2. The Morgan fingerprint density at radius 1 is 1.22 bits per heavy atom. The van der Waals surface area contributed by atoms with Crippen molar-refractivity contribution in [1.29, 1.82) is 0 Å². The Morgan fingerprint density at radius 2 is 1.96 bits per heavy atom. The second kappa shape index (κ2) is 8.62. The molecular weight excluding hydrogens is 438 g/mol. The molecule has 1 heterocycles. The first-order valence-electron chi connectivity index (χ1n) is 7.93. The van der Waals surface area contributed by atoms with Crippen molar-refractivity contribution < 1.29 is 13.6 Å². The molecule has 0 fully saturated rings. The summed E-state index contributed by atoms with van der Waals surface area (Å²) in [6.07, 6.45) is 0.630. The molecule has 2 aromatic carbocycles. The van der Waals surface area contributed by atoms with Crippen LogP contribution < -0.4 is 5.32 Å². The van der Waals surface area contributed by atoms with Gasteiger partial charge in [0.25, 0.3) is 0 Å². The second-order valence-electron chi connectivity index (χ2n) is 5.70. The Hall–Kier alpha value is -2.26. The van der Waals surface area contributed by atoms with Crippen LogP contribution in [0.15, 0.2) is 52.1 Å². The highest BCUT2D eigenvalue weighted by Crippen LogP contribution is 2.27. The maximum Gasteiger partial charge on any atom is 0.234 e. The number of carbonyl (C=O) groups excluding carboxylic acids is 1. The molecular formula is C18H15BrF2N4OS. The average molecular weight is 453 g/mol. The Labute approximate surface area is 167 Å². The summed E-state index contributed by atoms with van der Waals surface area (Å²) in [6, 6.07) is 11.7. The number of amides is 1. The molecule has 0 saturated heterocycles. The topological polar surface area (TPSA) is 59.8 Å². The van der Waals surface area contributed by atoms with Gasteiger partial charge in [-0.15, -0.1) is 10.2 Å². The van der Waals surface area contributed by atoms with Crippen LogP contribution in [0.5, 0.6) is 0 Å². The van der Waals surface area contributed by atoms with E-state index in [2.05, 4.69) is 31.4 Å². The maximum absolute atomic E-state index is 13.8. The van der Waals surface area contributed by atoms with Gasteiger partial charge in [0, 0.05) is 24.0 Å². The van der Waals surface area contributed by atoms with Gasteiger partial charge in [0.1, 0.15) is 11.6 Å². The lowest BCUT2D eigenvalue weighted by molar-refractivity contribution is -0.113. The number of hydrogen-bond acceptors (Lipinski definition) is 4. The van der Waals surface area contributed by atoms with E-state index in [1.165, 1.54) is 11.8 Å². The van der Waals surface area contributed by atoms with Crippen LogP contribution in [0.2, 0.25) is 0 Å². The lowest BCUT2D eigenvalue weighted by Gasteiger charge is -2.09. The molecule has 27 heavy (non-hydrogen) atoms. The predicted octanol–water partition coefficient (Wildman–Crippen LogP) is 4.18. The molecule has 3 rings (SSSR count). The fourth-order valence-corrected chi connectivity index (χ4v) is 3.61. The minimum atomic E-state index is -0.843. The molecule has 0 aliphatic rings. The molecule has 0 atom stereocenters. The summed E-state index contributed by atoms with van der Waals surface area (Å²) in [5.41, 5.74) is 1.02. The number of aromatic nitrogens is 3. The lowest BCUT2D eigenvalue weighted by atomic mass is 10.1. The van der Waals surface area contributed by atoms with E-state index >= 15 is 0 Å². The van der Waals surface area contributed by atoms with Crippen LogP contribution in [0, 0.1) is 11.6 Å². The van der Waals surface area contributed by atoms with Crippen molar-refractivity contribution >= 4 is 39.3 Å². The summed E-state index contributed by atoms with van der Waals surface area (Å²) >= 11 is 4.23. The first-order valence-corrected chi connectivity index (χ1v) is 9.71. The van der Waals surface area contributed by atoms with Crippen LogP contribution in [-0.2, 0) is 18.3 Å². The molecule has 1 amide bonds. The summed E-state index contributed by atoms with van der Waals surface area (Å²) in [5.74, 6) is -1.21. The number of thioether (sulfide) groups is 1. The average Bonchev–Trinajstić information content (AvgIpc) is 2.97. The number of benzene rings is 2. The fourth-order valence-electron chi connectivity index (χ4n) is 2.37. The molecule has 0 saturated carbocycles. The van der Waals surface area contributed by atoms with Crippen molar-refractivity contribution in [2.24, 2.45) is 7.05 Å². The molecule has 3 aromatic rings. The van der Waals surface area contributed by atoms with E-state index in [0.717, 1.165) is 17.5 Å². The Balaban J connectivity index is 1.61. The van der Waals surface area contributed by atoms with Gasteiger partial charge in [0.05, 0.1) is 11.4 Å². The summed E-state index contributed by atoms with van der Waals surface area (Å²) in [7, 11) is 1.83. The van der Waals surface area contributed by atoms with Crippen molar-refractivity contribution in [2.45, 2.75) is 11.6 Å². The Bertz CT molecular complexity index is 942. The van der Waals surface area contributed by atoms with Crippen LogP contribution in [0.1, 0.15) is 11.4 Å². The molecule has 140 valence electrons. The van der Waals surface area contributed by atoms with Gasteiger partial charge >= 0.3 is 0 Å². The zero-order chi connectivity index (χ0) is 19.4. The van der Waals surface area contributed by atoms with Crippen molar-refractivity contribution in [3.8, 4) is 0 Å². The van der Waals surface area contributed by atoms with Gasteiger partial charge < -0.3 is 9.88 Å². The number of rotatable bonds is 6. The number of hydrogen-bond donors (Lipinski definition) is 1. The monoisotopic (exact) mass is 452 g/mol. The summed E-state index contributed by atoms with van der Waals surface area (Å²) in [4.78, 5) is 12.1. The van der Waals surface area contributed by atoms with Crippen molar-refractivity contribution in [2.75, 3.05) is 11.1 Å². The minimum absolute atomic E-state index is 0.0145. The van der Waals surface area contributed by atoms with E-state index in [4.69, 9.17) is 0 Å². The van der Waals surface area contributed by atoms with Crippen molar-refractivity contribution in [3.05, 3.63) is 70.0 Å². The standard InChI is InChI=1S/C18H15BrF2N4OS/c1-25-15(7-11-5-3-2-4-6-11)23-24-18(25)27-10-16(26)22-17-13(19)8-12(20)9-14(17)21/h2-6,8-9H,7,10H2,1H3,(H,22,26). The van der Waals surface area contributed by atoms with Gasteiger partial charge in [-0.2, -0.15) is 0 Å². The summed E-state index contributed by atoms with van der Waals surface area (Å²) < 4.78 is 28.9. The Morgan fingerprint density at radius 3 is 2.67 bits per heavy atom. The van der Waals surface area contributed by atoms with Gasteiger partial charge in [-0.25, -0.2) is 8.78 Å². The SMILES string of the molecule is Cn1c(Cc2ccccc2)nnc1SCC(=O)Nc1c(F)cc(F)cc1Br. The molecule has 0 radical (unpaired) electrons. The highest BCUT2D eigenvalue weighted by Gasteiger charge is 2.15. The normalized spacial score (nSPS) is 10.8. The summed E-state index contributed by atoms with van der Waals surface area (Å²) in [6.45, 7) is 0. The molecule has 1 aromatic heterocycles. The number of anilines is 1. The molecule has 0 unspecified atom stereocenters. The van der Waals surface area contributed by atoms with E-state index in [1.807, 2.05) is 41.9 Å². The number of nitrogens with one attached hydrogen (secondary N) is 1. The third kappa shape index (κ3) is 4.92. The smallest absolute Gasteiger partial charge is 0.234 e. The zero-order valence-corrected chi connectivity index (χ0v) is 16.7. The molecule has 1 N–H and O–H groups in total. The van der Waals surface area contributed by atoms with E-state index in [-0.39, 0.29) is 15.9 Å². The fraction of sp³-hybridized carbons (Fsp3) is 0.167. The van der Waals surface area contributed by atoms with Gasteiger partial charge in [0.2, 0.25) is 5.91 Å². The number of carbonyl (C=O) groups is 1. The largest absolute Gasteiger partial charge is 0.322 e. The highest BCUT2D eigenvalue weighted by molar-refractivity contribution is 9.10. The van der Waals surface area contributed by atoms with Crippen LogP contribution >= 0.6 is 27.7 Å². The first-order chi connectivity index (χ1) is 12.9. The molecule has 0 spiro atoms. The van der Waals surface area contributed by atoms with Crippen molar-refractivity contribution in [3.63, 3.8) is 0 Å². The van der Waals surface area contributed by atoms with Crippen LogP contribution in [0.3, 0.4) is 0 Å². The molecule has 0 aliphatic carbocycles. The third-order valence-corrected chi connectivity index (χ3v) is 5.38. The molecule has 5 nitrogen and oxygen atoms in total. The molecule has 0 aliphatic heterocycles. The summed E-state index contributed by atoms with van der Waals surface area (Å²) in [5, 5.41) is 11.3. The van der Waals surface area contributed by atoms with E-state index in [9.17, 15) is 13.6 Å². The predicted molar refractivity (Wildman–Crippen MR) is 104 cm³/mol. The number of nitrogens with zero attached hydrogens (tertiary/aromatic N) is 3. The second-order valence-corrected chi connectivity index (χ2v) is 7.50. The molecule has 9 heteroatoms. The quantitative estimate of drug-likeness (QED) is 0.570. The van der Waals surface area contributed by atoms with Gasteiger partial charge in [-0.05, 0) is 27.6 Å². The van der Waals surface area contributed by atoms with E-state index in [0.29, 0.717) is 17.6 Å². The van der Waals surface area contributed by atoms with Gasteiger partial charge in [0.15, 0.2) is 11.0 Å². The van der Waals surface area contributed by atoms with Gasteiger partial charge in [-0.3, -0.25) is 4.79 Å². The highest BCUT2D eigenvalue weighted by atomic mass is 79.9. The maximum atomic E-state index is 13.8. The lowest BCUT2D eigenvalue weighted by Crippen LogP contribution is -2.16. The van der Waals surface area contributed by atoms with E-state index in [1.54, 1.807) is 0 Å². The van der Waals surface area contributed by atoms with Crippen molar-refractivity contribution in [1.82, 2.24) is 14.8 Å². The van der Waals surface area contributed by atoms with Crippen LogP contribution in [0.25, 0.3) is 0 Å². The molecule has 0 bridgehead atoms. The third-order valence-electron chi connectivity index (χ3n) is 3.73. The van der Waals surface area contributed by atoms with Gasteiger partial charge in [-0.1, -0.05) is 42.1 Å². The van der Waals surface area contributed by atoms with Crippen LogP contribution in [-0.4, -0.2) is 26.4 Å².